The molecule has 2 saturated heterocycles. The lowest BCUT2D eigenvalue weighted by Crippen LogP contribution is -2.40. The molecule has 0 radical (unpaired) electrons. The molecule has 2 fully saturated rings. The van der Waals surface area contributed by atoms with Gasteiger partial charge < -0.3 is 55.7 Å². The number of ether oxygens (including phenoxy) is 4. The first-order valence-electron chi connectivity index (χ1n) is 28.0. The molecule has 2 aliphatic heterocycles. The van der Waals surface area contributed by atoms with Crippen molar-refractivity contribution in [1.82, 2.24) is 50.4 Å². The van der Waals surface area contributed by atoms with Crippen LogP contribution in [0.3, 0.4) is 0 Å². The molecule has 5 heterocycles. The molecular formula is C58H72FN13O11. The standard InChI is InChI=1S/C58H72FN13O11/c1-37(2)55-54-42(8-7-9-45(54)71(68-55)36-50(75)62-34-49(74)63-35-53(78)80-3)43-31-46-40(30-44(43)59)32-65-72(46)52(77)15-14-48(73)61-19-25-82-27-29-83-28-26-81-24-18-51(76)70-22-16-39(17-23-70)38-10-12-41(13-11-38)66-58-56(57(60)79)64-33-47(67-58)69-20-5-4-6-21-69/h7-13,30-33,37,39H,4-6,14-29,34-36H2,1-3H3,(H2,60,79)(H,61,73)(H,62,75)(H,63,74)(H,66,67). The molecule has 3 aromatic carbocycles. The van der Waals surface area contributed by atoms with Gasteiger partial charge >= 0.3 is 5.97 Å². The van der Waals surface area contributed by atoms with E-state index in [0.29, 0.717) is 77.7 Å². The molecule has 0 aliphatic carbocycles. The third-order valence-corrected chi connectivity index (χ3v) is 14.4. The van der Waals surface area contributed by atoms with Gasteiger partial charge in [0.25, 0.3) is 5.91 Å². The second-order valence-electron chi connectivity index (χ2n) is 20.5. The Bertz CT molecular complexity index is 3260. The Balaban J connectivity index is 0.686. The number of benzene rings is 3. The van der Waals surface area contributed by atoms with Crippen LogP contribution in [0.4, 0.5) is 21.7 Å². The molecule has 0 spiro atoms. The molecular weight excluding hydrogens is 1070 g/mol. The first-order chi connectivity index (χ1) is 40.2. The van der Waals surface area contributed by atoms with Gasteiger partial charge in [0.15, 0.2) is 11.5 Å². The number of hydrogen-bond acceptors (Lipinski definition) is 17. The van der Waals surface area contributed by atoms with Crippen molar-refractivity contribution in [2.24, 2.45) is 5.73 Å². The van der Waals surface area contributed by atoms with Crippen LogP contribution < -0.4 is 31.9 Å². The van der Waals surface area contributed by atoms with E-state index in [2.05, 4.69) is 53.1 Å². The number of hydrogen-bond donors (Lipinski definition) is 5. The van der Waals surface area contributed by atoms with Crippen LogP contribution in [0.25, 0.3) is 32.9 Å². The molecule has 3 aromatic heterocycles. The Labute approximate surface area is 479 Å². The number of nitrogens with two attached hydrogens (primary N) is 1. The molecule has 0 unspecified atom stereocenters. The third kappa shape index (κ3) is 16.4. The Morgan fingerprint density at radius 3 is 2.16 bits per heavy atom. The normalized spacial score (nSPS) is 13.8. The number of fused-ring (bicyclic) bond motifs is 2. The molecule has 2 aliphatic rings. The molecule has 442 valence electrons. The van der Waals surface area contributed by atoms with E-state index >= 15 is 4.39 Å². The molecule has 25 heteroatoms. The van der Waals surface area contributed by atoms with Crippen LogP contribution in [-0.2, 0) is 49.5 Å². The third-order valence-electron chi connectivity index (χ3n) is 14.4. The predicted molar refractivity (Wildman–Crippen MR) is 305 cm³/mol. The fourth-order valence-corrected chi connectivity index (χ4v) is 10.0. The zero-order valence-corrected chi connectivity index (χ0v) is 47.1. The fourth-order valence-electron chi connectivity index (χ4n) is 10.0. The highest BCUT2D eigenvalue weighted by Crippen LogP contribution is 2.37. The summed E-state index contributed by atoms with van der Waals surface area (Å²) >= 11 is 0. The zero-order chi connectivity index (χ0) is 58.8. The van der Waals surface area contributed by atoms with Gasteiger partial charge in [0.2, 0.25) is 29.5 Å². The van der Waals surface area contributed by atoms with Gasteiger partial charge in [0.1, 0.15) is 24.7 Å². The highest BCUT2D eigenvalue weighted by Gasteiger charge is 2.26. The van der Waals surface area contributed by atoms with Crippen LogP contribution >= 0.6 is 0 Å². The average molecular weight is 1150 g/mol. The minimum absolute atomic E-state index is 0.0531. The summed E-state index contributed by atoms with van der Waals surface area (Å²) in [7, 11) is 1.19. The van der Waals surface area contributed by atoms with Crippen molar-refractivity contribution in [3.8, 4) is 11.1 Å². The molecule has 8 rings (SSSR count). The van der Waals surface area contributed by atoms with Gasteiger partial charge in [0, 0.05) is 67.6 Å². The summed E-state index contributed by atoms with van der Waals surface area (Å²) in [5, 5.41) is 20.8. The smallest absolute Gasteiger partial charge is 0.325 e. The van der Waals surface area contributed by atoms with Crippen LogP contribution in [0, 0.1) is 5.82 Å². The predicted octanol–water partition coefficient (Wildman–Crippen LogP) is 4.73. The number of rotatable bonds is 28. The lowest BCUT2D eigenvalue weighted by Gasteiger charge is -2.32. The number of amides is 5. The van der Waals surface area contributed by atoms with E-state index < -0.39 is 35.4 Å². The van der Waals surface area contributed by atoms with E-state index in [0.717, 1.165) is 55.0 Å². The van der Waals surface area contributed by atoms with Crippen molar-refractivity contribution < 1.29 is 56.9 Å². The van der Waals surface area contributed by atoms with E-state index in [1.54, 1.807) is 24.4 Å². The Morgan fingerprint density at radius 2 is 1.45 bits per heavy atom. The molecule has 6 N–H and O–H groups in total. The number of nitrogens with zero attached hydrogens (tertiary/aromatic N) is 8. The van der Waals surface area contributed by atoms with Gasteiger partial charge in [-0.05, 0) is 85.4 Å². The number of methoxy groups -OCH3 is 1. The summed E-state index contributed by atoms with van der Waals surface area (Å²) in [4.78, 5) is 101. The summed E-state index contributed by atoms with van der Waals surface area (Å²) in [5.41, 5.74) is 9.80. The molecule has 0 atom stereocenters. The number of carbonyl (C=O) groups is 7. The minimum atomic E-state index is -0.648. The number of aromatic nitrogens is 6. The van der Waals surface area contributed by atoms with Crippen LogP contribution in [-0.4, -0.2) is 168 Å². The Hall–Kier alpha value is -8.42. The van der Waals surface area contributed by atoms with E-state index in [4.69, 9.17) is 30.0 Å². The number of likely N-dealkylation sites (tertiary alicyclic amines) is 1. The second kappa shape index (κ2) is 29.5. The summed E-state index contributed by atoms with van der Waals surface area (Å²) in [5.74, 6) is -2.50. The lowest BCUT2D eigenvalue weighted by molar-refractivity contribution is -0.141. The Kier molecular flexibility index (Phi) is 21.6. The highest BCUT2D eigenvalue weighted by atomic mass is 19.1. The van der Waals surface area contributed by atoms with Crippen molar-refractivity contribution in [3.05, 3.63) is 89.8 Å². The average Bonchev–Trinajstić information content (AvgIpc) is 3.74. The van der Waals surface area contributed by atoms with E-state index in [-0.39, 0.29) is 94.3 Å². The SMILES string of the molecule is COC(=O)CNC(=O)CNC(=O)Cn1nc(C(C)C)c2c(-c3cc4c(cnn4C(=O)CCC(=O)NCCOCCOCCOCCC(=O)N4CCC(c5ccc(Nc6nc(N7CCCCC7)cnc6C(N)=O)cc5)CC4)cc3F)cccc21. The van der Waals surface area contributed by atoms with Crippen LogP contribution in [0.5, 0.6) is 0 Å². The molecule has 24 nitrogen and oxygen atoms in total. The number of piperidine rings is 2. The molecule has 0 saturated carbocycles. The van der Waals surface area contributed by atoms with Gasteiger partial charge in [0.05, 0.1) is 88.8 Å². The van der Waals surface area contributed by atoms with Crippen molar-refractivity contribution in [1.29, 1.82) is 0 Å². The largest absolute Gasteiger partial charge is 0.468 e. The molecule has 5 amide bonds. The van der Waals surface area contributed by atoms with Crippen molar-refractivity contribution in [2.75, 3.05) is 103 Å². The Morgan fingerprint density at radius 1 is 0.735 bits per heavy atom. The lowest BCUT2D eigenvalue weighted by atomic mass is 9.89. The number of nitrogens with one attached hydrogen (secondary N) is 4. The van der Waals surface area contributed by atoms with Gasteiger partial charge in [-0.3, -0.25) is 38.2 Å². The summed E-state index contributed by atoms with van der Waals surface area (Å²) in [6.07, 6.45) is 8.04. The number of esters is 1. The van der Waals surface area contributed by atoms with Gasteiger partial charge in [-0.25, -0.2) is 19.0 Å². The summed E-state index contributed by atoms with van der Waals surface area (Å²) in [6.45, 7) is 7.95. The first-order valence-corrected chi connectivity index (χ1v) is 28.0. The second-order valence-corrected chi connectivity index (χ2v) is 20.5. The number of halogens is 1. The van der Waals surface area contributed by atoms with Crippen LogP contribution in [0.1, 0.15) is 104 Å². The summed E-state index contributed by atoms with van der Waals surface area (Å²) in [6, 6.07) is 16.1. The van der Waals surface area contributed by atoms with Gasteiger partial charge in [-0.1, -0.05) is 38.1 Å². The topological polar surface area (TPSA) is 298 Å². The highest BCUT2D eigenvalue weighted by molar-refractivity contribution is 6.01. The molecule has 0 bridgehead atoms. The number of primary amides is 1. The van der Waals surface area contributed by atoms with Gasteiger partial charge in [-0.2, -0.15) is 10.2 Å². The van der Waals surface area contributed by atoms with Gasteiger partial charge in [-0.15, -0.1) is 0 Å². The van der Waals surface area contributed by atoms with Crippen molar-refractivity contribution in [3.63, 3.8) is 0 Å². The maximum absolute atomic E-state index is 16.0. The molecule has 83 heavy (non-hydrogen) atoms. The van der Waals surface area contributed by atoms with E-state index in [1.165, 1.54) is 42.1 Å². The zero-order valence-electron chi connectivity index (χ0n) is 47.1. The quantitative estimate of drug-likeness (QED) is 0.0328. The van der Waals surface area contributed by atoms with Crippen molar-refractivity contribution in [2.45, 2.75) is 83.6 Å². The van der Waals surface area contributed by atoms with Crippen LogP contribution in [0.15, 0.2) is 67.0 Å². The first kappa shape index (κ1) is 60.7. The number of anilines is 3. The minimum Gasteiger partial charge on any atom is -0.468 e. The monoisotopic (exact) mass is 1150 g/mol. The van der Waals surface area contributed by atoms with E-state index in [9.17, 15) is 33.6 Å². The maximum Gasteiger partial charge on any atom is 0.325 e. The van der Waals surface area contributed by atoms with Crippen LogP contribution in [0.2, 0.25) is 0 Å². The summed E-state index contributed by atoms with van der Waals surface area (Å²) < 4.78 is 39.9. The maximum atomic E-state index is 16.0. The molecule has 6 aromatic rings. The van der Waals surface area contributed by atoms with E-state index in [1.807, 2.05) is 30.9 Å². The number of carbonyl (C=O) groups excluding carboxylic acids is 7. The van der Waals surface area contributed by atoms with Crippen molar-refractivity contribution >= 4 is 80.5 Å². The fraction of sp³-hybridized carbons (Fsp3) is 0.466.